The number of nitro groups is 1. The normalized spacial score (nSPS) is 11.0. The molecule has 0 radical (unpaired) electrons. The lowest BCUT2D eigenvalue weighted by Gasteiger charge is -1.86. The summed E-state index contributed by atoms with van der Waals surface area (Å²) in [6.45, 7) is 1.30. The Kier molecular flexibility index (Phi) is 2.37. The summed E-state index contributed by atoms with van der Waals surface area (Å²) >= 11 is 0. The van der Waals surface area contributed by atoms with E-state index in [-0.39, 0.29) is 0 Å². The predicted molar refractivity (Wildman–Crippen MR) is 28.4 cm³/mol. The van der Waals surface area contributed by atoms with E-state index in [1.807, 2.05) is 0 Å². The third kappa shape index (κ3) is 1.89. The van der Waals surface area contributed by atoms with Gasteiger partial charge in [0, 0.05) is 0 Å². The minimum atomic E-state index is -1.51. The van der Waals surface area contributed by atoms with Crippen LogP contribution in [0.15, 0.2) is 11.8 Å². The van der Waals surface area contributed by atoms with Gasteiger partial charge in [0.2, 0.25) is 0 Å². The molecule has 0 amide bonds. The second-order valence-corrected chi connectivity index (χ2v) is 1.24. The Balaban J connectivity index is 4.38. The van der Waals surface area contributed by atoms with Crippen molar-refractivity contribution in [2.24, 2.45) is 0 Å². The van der Waals surface area contributed by atoms with Crippen LogP contribution in [0.1, 0.15) is 6.92 Å². The van der Waals surface area contributed by atoms with Gasteiger partial charge in [-0.1, -0.05) is 0 Å². The van der Waals surface area contributed by atoms with Crippen LogP contribution >= 0.6 is 0 Å². The maximum absolute atomic E-state index is 9.86. The van der Waals surface area contributed by atoms with Gasteiger partial charge in [-0.25, -0.2) is 4.79 Å². The fourth-order valence-electron chi connectivity index (χ4n) is 0.307. The van der Waals surface area contributed by atoms with E-state index in [2.05, 4.69) is 0 Å². The fourth-order valence-corrected chi connectivity index (χ4v) is 0.307. The van der Waals surface area contributed by atoms with Crippen molar-refractivity contribution in [1.82, 2.24) is 0 Å². The summed E-state index contributed by atoms with van der Waals surface area (Å²) in [6, 6.07) is 0. The van der Waals surface area contributed by atoms with Crippen molar-refractivity contribution in [2.75, 3.05) is 0 Å². The monoisotopic (exact) mass is 131 g/mol. The Hall–Kier alpha value is -1.39. The topological polar surface area (TPSA) is 80.4 Å². The molecule has 0 aromatic heterocycles. The molecule has 1 N–H and O–H groups in total. The van der Waals surface area contributed by atoms with Gasteiger partial charge in [-0.05, 0) is 13.0 Å². The molecule has 0 heterocycles. The lowest BCUT2D eigenvalue weighted by atomic mass is 10.4. The SMILES string of the molecule is CC=C(C(=O)O)[N+](=O)[O-]. The van der Waals surface area contributed by atoms with Gasteiger partial charge in [0.25, 0.3) is 0 Å². The molecule has 0 aliphatic rings. The van der Waals surface area contributed by atoms with Gasteiger partial charge in [0.1, 0.15) is 0 Å². The molecule has 0 aromatic carbocycles. The van der Waals surface area contributed by atoms with Gasteiger partial charge in [0.05, 0.1) is 4.92 Å². The minimum Gasteiger partial charge on any atom is -0.473 e. The molecule has 0 saturated heterocycles. The van der Waals surface area contributed by atoms with E-state index in [1.54, 1.807) is 0 Å². The molecule has 0 aromatic rings. The molecule has 0 aliphatic heterocycles. The van der Waals surface area contributed by atoms with Gasteiger partial charge in [0.15, 0.2) is 0 Å². The summed E-state index contributed by atoms with van der Waals surface area (Å²) in [5, 5.41) is 17.8. The van der Waals surface area contributed by atoms with E-state index < -0.39 is 16.6 Å². The van der Waals surface area contributed by atoms with Crippen molar-refractivity contribution >= 4 is 5.97 Å². The molecule has 0 atom stereocenters. The Morgan fingerprint density at radius 2 is 2.22 bits per heavy atom. The zero-order valence-corrected chi connectivity index (χ0v) is 4.70. The highest BCUT2D eigenvalue weighted by Crippen LogP contribution is 1.92. The molecule has 0 saturated carbocycles. The van der Waals surface area contributed by atoms with Crippen LogP contribution in [-0.4, -0.2) is 16.0 Å². The molecule has 0 unspecified atom stereocenters. The number of allylic oxidation sites excluding steroid dienone is 1. The molecule has 0 fully saturated rings. The molecule has 9 heavy (non-hydrogen) atoms. The van der Waals surface area contributed by atoms with Gasteiger partial charge < -0.3 is 5.11 Å². The summed E-state index contributed by atoms with van der Waals surface area (Å²) in [5.74, 6) is -1.51. The first kappa shape index (κ1) is 7.61. The average Bonchev–Trinajstić information content (AvgIpc) is 1.64. The number of rotatable bonds is 2. The van der Waals surface area contributed by atoms with Crippen molar-refractivity contribution in [3.05, 3.63) is 21.9 Å². The third-order valence-electron chi connectivity index (χ3n) is 0.689. The van der Waals surface area contributed by atoms with E-state index in [0.29, 0.717) is 0 Å². The minimum absolute atomic E-state index is 0.796. The van der Waals surface area contributed by atoms with E-state index in [9.17, 15) is 14.9 Å². The number of carbonyl (C=O) groups is 1. The van der Waals surface area contributed by atoms with E-state index in [1.165, 1.54) is 6.92 Å². The van der Waals surface area contributed by atoms with Gasteiger partial charge in [-0.3, -0.25) is 10.1 Å². The summed E-state index contributed by atoms with van der Waals surface area (Å²) in [4.78, 5) is 18.6. The van der Waals surface area contributed by atoms with Crippen LogP contribution in [0.25, 0.3) is 0 Å². The number of carboxylic acid groups (broad SMARTS) is 1. The molecule has 50 valence electrons. The van der Waals surface area contributed by atoms with Crippen LogP contribution in [0.4, 0.5) is 0 Å². The summed E-state index contributed by atoms with van der Waals surface area (Å²) < 4.78 is 0. The van der Waals surface area contributed by atoms with E-state index in [0.717, 1.165) is 6.08 Å². The van der Waals surface area contributed by atoms with Crippen LogP contribution < -0.4 is 0 Å². The molecule has 0 rings (SSSR count). The van der Waals surface area contributed by atoms with Crippen LogP contribution in [0, 0.1) is 10.1 Å². The maximum Gasteiger partial charge on any atom is 0.407 e. The highest BCUT2D eigenvalue weighted by atomic mass is 16.6. The number of nitrogens with zero attached hydrogens (tertiary/aromatic N) is 1. The zero-order chi connectivity index (χ0) is 7.44. The molecule has 5 heteroatoms. The second kappa shape index (κ2) is 2.81. The molecule has 0 spiro atoms. The average molecular weight is 131 g/mol. The number of hydrogen-bond acceptors (Lipinski definition) is 3. The van der Waals surface area contributed by atoms with Crippen LogP contribution in [0.2, 0.25) is 0 Å². The van der Waals surface area contributed by atoms with Crippen LogP contribution in [0.5, 0.6) is 0 Å². The quantitative estimate of drug-likeness (QED) is 0.331. The van der Waals surface area contributed by atoms with E-state index >= 15 is 0 Å². The molecular weight excluding hydrogens is 126 g/mol. The van der Waals surface area contributed by atoms with Gasteiger partial charge >= 0.3 is 11.7 Å². The summed E-state index contributed by atoms with van der Waals surface area (Å²) in [7, 11) is 0. The largest absolute Gasteiger partial charge is 0.473 e. The Labute approximate surface area is 50.8 Å². The number of hydrogen-bond donors (Lipinski definition) is 1. The smallest absolute Gasteiger partial charge is 0.407 e. The van der Waals surface area contributed by atoms with Gasteiger partial charge in [-0.15, -0.1) is 0 Å². The fraction of sp³-hybridized carbons (Fsp3) is 0.250. The summed E-state index contributed by atoms with van der Waals surface area (Å²) in [6.07, 6.45) is 0.933. The number of aliphatic carboxylic acids is 1. The Bertz CT molecular complexity index is 155. The van der Waals surface area contributed by atoms with Crippen molar-refractivity contribution in [3.8, 4) is 0 Å². The first-order valence-electron chi connectivity index (χ1n) is 2.13. The van der Waals surface area contributed by atoms with Gasteiger partial charge in [-0.2, -0.15) is 0 Å². The Morgan fingerprint density at radius 3 is 2.22 bits per heavy atom. The summed E-state index contributed by atoms with van der Waals surface area (Å²) in [5.41, 5.74) is -0.796. The second-order valence-electron chi connectivity index (χ2n) is 1.24. The maximum atomic E-state index is 9.86. The van der Waals surface area contributed by atoms with Crippen LogP contribution in [-0.2, 0) is 4.79 Å². The van der Waals surface area contributed by atoms with Crippen molar-refractivity contribution in [2.45, 2.75) is 6.92 Å². The van der Waals surface area contributed by atoms with Crippen LogP contribution in [0.3, 0.4) is 0 Å². The first-order chi connectivity index (χ1) is 4.09. The third-order valence-corrected chi connectivity index (χ3v) is 0.689. The lowest BCUT2D eigenvalue weighted by molar-refractivity contribution is -0.421. The predicted octanol–water partition coefficient (Wildman–Crippen LogP) is 0.252. The molecule has 5 nitrogen and oxygen atoms in total. The van der Waals surface area contributed by atoms with Crippen molar-refractivity contribution in [3.63, 3.8) is 0 Å². The Morgan fingerprint density at radius 1 is 1.78 bits per heavy atom. The van der Waals surface area contributed by atoms with Crippen molar-refractivity contribution in [1.29, 1.82) is 0 Å². The first-order valence-corrected chi connectivity index (χ1v) is 2.13. The van der Waals surface area contributed by atoms with E-state index in [4.69, 9.17) is 5.11 Å². The molecule has 0 aliphatic carbocycles. The van der Waals surface area contributed by atoms with Crippen molar-refractivity contribution < 1.29 is 14.8 Å². The zero-order valence-electron chi connectivity index (χ0n) is 4.70. The highest BCUT2D eigenvalue weighted by molar-refractivity contribution is 5.83. The number of carboxylic acids is 1. The standard InChI is InChI=1S/C4H5NO4/c1-2-3(4(6)7)5(8)9/h2H,1H3,(H,6,7). The lowest BCUT2D eigenvalue weighted by Crippen LogP contribution is -2.09. The highest BCUT2D eigenvalue weighted by Gasteiger charge is 2.17. The molecular formula is C4H5NO4. The molecule has 0 bridgehead atoms.